The predicted molar refractivity (Wildman–Crippen MR) is 60.0 cm³/mol. The monoisotopic (exact) mass is 231 g/mol. The van der Waals surface area contributed by atoms with E-state index in [2.05, 4.69) is 25.4 Å². The minimum atomic E-state index is 0.182. The van der Waals surface area contributed by atoms with Crippen molar-refractivity contribution in [3.8, 4) is 11.6 Å². The summed E-state index contributed by atoms with van der Waals surface area (Å²) in [5, 5.41) is 7.22. The predicted octanol–water partition coefficient (Wildman–Crippen LogP) is 1.26. The molecular formula is C11H13N5O. The van der Waals surface area contributed by atoms with Crippen LogP contribution in [0.3, 0.4) is 0 Å². The highest BCUT2D eigenvalue weighted by Gasteiger charge is 2.23. The van der Waals surface area contributed by atoms with Crippen molar-refractivity contribution in [1.29, 1.82) is 0 Å². The first-order valence-electron chi connectivity index (χ1n) is 5.69. The highest BCUT2D eigenvalue weighted by molar-refractivity contribution is 5.41. The second-order valence-electron chi connectivity index (χ2n) is 4.19. The van der Waals surface area contributed by atoms with Crippen molar-refractivity contribution in [2.45, 2.75) is 25.8 Å². The summed E-state index contributed by atoms with van der Waals surface area (Å²) in [5.41, 5.74) is 1.01. The minimum Gasteiger partial charge on any atom is -0.337 e. The molecule has 0 saturated carbocycles. The summed E-state index contributed by atoms with van der Waals surface area (Å²) >= 11 is 0. The number of hydrogen-bond donors (Lipinski definition) is 1. The molecule has 2 aromatic heterocycles. The Kier molecular flexibility index (Phi) is 2.56. The summed E-state index contributed by atoms with van der Waals surface area (Å²) < 4.78 is 5.23. The molecule has 1 saturated heterocycles. The molecule has 1 N–H and O–H groups in total. The van der Waals surface area contributed by atoms with Crippen LogP contribution in [0.4, 0.5) is 0 Å². The Bertz CT molecular complexity index is 501. The van der Waals surface area contributed by atoms with Gasteiger partial charge in [0, 0.05) is 12.4 Å². The molecule has 17 heavy (non-hydrogen) atoms. The van der Waals surface area contributed by atoms with Gasteiger partial charge in [-0.1, -0.05) is 5.16 Å². The van der Waals surface area contributed by atoms with Crippen molar-refractivity contribution < 1.29 is 4.52 Å². The first-order valence-corrected chi connectivity index (χ1v) is 5.69. The van der Waals surface area contributed by atoms with Crippen LogP contribution in [0.15, 0.2) is 16.9 Å². The van der Waals surface area contributed by atoms with Gasteiger partial charge in [-0.25, -0.2) is 9.97 Å². The standard InChI is InChI=1S/C11H13N5O/c1-7-5-13-9(14-6-7)10-15-11(17-16-10)8-3-2-4-12-8/h5-6,8,12H,2-4H2,1H3/t8-/m0/s1. The maximum absolute atomic E-state index is 5.23. The normalized spacial score (nSPS) is 19.7. The number of aryl methyl sites for hydroxylation is 1. The minimum absolute atomic E-state index is 0.182. The highest BCUT2D eigenvalue weighted by atomic mass is 16.5. The number of aromatic nitrogens is 4. The summed E-state index contributed by atoms with van der Waals surface area (Å²) in [6.07, 6.45) is 5.66. The van der Waals surface area contributed by atoms with Crippen LogP contribution in [0, 0.1) is 6.92 Å². The van der Waals surface area contributed by atoms with Gasteiger partial charge in [0.15, 0.2) is 0 Å². The highest BCUT2D eigenvalue weighted by Crippen LogP contribution is 2.22. The molecule has 3 rings (SSSR count). The smallest absolute Gasteiger partial charge is 0.244 e. The van der Waals surface area contributed by atoms with Crippen LogP contribution < -0.4 is 5.32 Å². The Morgan fingerprint density at radius 2 is 2.12 bits per heavy atom. The molecule has 88 valence electrons. The zero-order valence-electron chi connectivity index (χ0n) is 9.55. The number of hydrogen-bond acceptors (Lipinski definition) is 6. The fourth-order valence-corrected chi connectivity index (χ4v) is 1.87. The summed E-state index contributed by atoms with van der Waals surface area (Å²) in [6.45, 7) is 2.94. The molecule has 3 heterocycles. The zero-order valence-corrected chi connectivity index (χ0v) is 9.55. The summed E-state index contributed by atoms with van der Waals surface area (Å²) in [6, 6.07) is 0.182. The number of nitrogens with zero attached hydrogens (tertiary/aromatic N) is 4. The van der Waals surface area contributed by atoms with E-state index in [4.69, 9.17) is 4.52 Å². The van der Waals surface area contributed by atoms with E-state index in [-0.39, 0.29) is 6.04 Å². The van der Waals surface area contributed by atoms with Gasteiger partial charge in [0.25, 0.3) is 0 Å². The first kappa shape index (κ1) is 10.3. The van der Waals surface area contributed by atoms with Gasteiger partial charge < -0.3 is 9.84 Å². The largest absolute Gasteiger partial charge is 0.337 e. The average Bonchev–Trinajstić information content (AvgIpc) is 3.00. The van der Waals surface area contributed by atoms with Crippen LogP contribution in [-0.2, 0) is 0 Å². The van der Waals surface area contributed by atoms with Gasteiger partial charge >= 0.3 is 0 Å². The third kappa shape index (κ3) is 2.03. The Morgan fingerprint density at radius 1 is 1.29 bits per heavy atom. The van der Waals surface area contributed by atoms with Crippen LogP contribution in [0.5, 0.6) is 0 Å². The molecule has 0 aromatic carbocycles. The van der Waals surface area contributed by atoms with E-state index in [0.717, 1.165) is 24.9 Å². The van der Waals surface area contributed by atoms with Crippen LogP contribution in [0.1, 0.15) is 30.3 Å². The number of nitrogens with one attached hydrogen (secondary N) is 1. The Hall–Kier alpha value is -1.82. The summed E-state index contributed by atoms with van der Waals surface area (Å²) in [5.74, 6) is 1.58. The molecule has 2 aromatic rings. The van der Waals surface area contributed by atoms with Gasteiger partial charge in [-0.05, 0) is 31.9 Å². The Labute approximate surface area is 98.5 Å². The maximum Gasteiger partial charge on any atom is 0.244 e. The quantitative estimate of drug-likeness (QED) is 0.838. The fraction of sp³-hybridized carbons (Fsp3) is 0.455. The average molecular weight is 231 g/mol. The lowest BCUT2D eigenvalue weighted by molar-refractivity contribution is 0.344. The van der Waals surface area contributed by atoms with E-state index >= 15 is 0 Å². The first-order chi connectivity index (χ1) is 8.33. The lowest BCUT2D eigenvalue weighted by atomic mass is 10.2. The van der Waals surface area contributed by atoms with Gasteiger partial charge in [0.1, 0.15) is 0 Å². The van der Waals surface area contributed by atoms with Gasteiger partial charge in [0.2, 0.25) is 17.5 Å². The molecule has 1 aliphatic rings. The molecule has 1 fully saturated rings. The molecule has 0 aliphatic carbocycles. The van der Waals surface area contributed by atoms with E-state index < -0.39 is 0 Å². The van der Waals surface area contributed by atoms with Gasteiger partial charge in [-0.2, -0.15) is 4.98 Å². The van der Waals surface area contributed by atoms with Crippen molar-refractivity contribution in [2.24, 2.45) is 0 Å². The van der Waals surface area contributed by atoms with E-state index in [1.54, 1.807) is 12.4 Å². The molecule has 6 heteroatoms. The fourth-order valence-electron chi connectivity index (χ4n) is 1.87. The zero-order chi connectivity index (χ0) is 11.7. The lowest BCUT2D eigenvalue weighted by Crippen LogP contribution is -2.13. The van der Waals surface area contributed by atoms with Gasteiger partial charge in [-0.3, -0.25) is 0 Å². The second-order valence-corrected chi connectivity index (χ2v) is 4.19. The van der Waals surface area contributed by atoms with E-state index in [1.807, 2.05) is 6.92 Å². The summed E-state index contributed by atoms with van der Waals surface area (Å²) in [7, 11) is 0. The van der Waals surface area contributed by atoms with Crippen LogP contribution in [-0.4, -0.2) is 26.7 Å². The van der Waals surface area contributed by atoms with Gasteiger partial charge in [0.05, 0.1) is 6.04 Å². The van der Waals surface area contributed by atoms with Crippen molar-refractivity contribution in [2.75, 3.05) is 6.54 Å². The van der Waals surface area contributed by atoms with E-state index in [0.29, 0.717) is 17.5 Å². The number of rotatable bonds is 2. The van der Waals surface area contributed by atoms with Crippen LogP contribution >= 0.6 is 0 Å². The Morgan fingerprint density at radius 3 is 2.82 bits per heavy atom. The molecule has 0 radical (unpaired) electrons. The van der Waals surface area contributed by atoms with Crippen LogP contribution in [0.2, 0.25) is 0 Å². The van der Waals surface area contributed by atoms with Crippen molar-refractivity contribution in [1.82, 2.24) is 25.4 Å². The second kappa shape index (κ2) is 4.21. The Balaban J connectivity index is 1.86. The third-order valence-electron chi connectivity index (χ3n) is 2.78. The van der Waals surface area contributed by atoms with Gasteiger partial charge in [-0.15, -0.1) is 0 Å². The molecule has 1 aliphatic heterocycles. The van der Waals surface area contributed by atoms with E-state index in [1.165, 1.54) is 0 Å². The molecule has 6 nitrogen and oxygen atoms in total. The molecular weight excluding hydrogens is 218 g/mol. The molecule has 1 atom stereocenters. The SMILES string of the molecule is Cc1cnc(-c2noc([C@@H]3CCCN3)n2)nc1. The third-order valence-corrected chi connectivity index (χ3v) is 2.78. The molecule has 0 amide bonds. The summed E-state index contributed by atoms with van der Waals surface area (Å²) in [4.78, 5) is 12.7. The molecule has 0 bridgehead atoms. The maximum atomic E-state index is 5.23. The topological polar surface area (TPSA) is 76.7 Å². The van der Waals surface area contributed by atoms with Crippen molar-refractivity contribution in [3.63, 3.8) is 0 Å². The van der Waals surface area contributed by atoms with Crippen molar-refractivity contribution in [3.05, 3.63) is 23.8 Å². The van der Waals surface area contributed by atoms with Crippen LogP contribution in [0.25, 0.3) is 11.6 Å². The van der Waals surface area contributed by atoms with E-state index in [9.17, 15) is 0 Å². The lowest BCUT2D eigenvalue weighted by Gasteiger charge is -2.01. The molecule has 0 spiro atoms. The van der Waals surface area contributed by atoms with Crippen molar-refractivity contribution >= 4 is 0 Å². The molecule has 0 unspecified atom stereocenters.